The molecule has 1 fully saturated rings. The predicted octanol–water partition coefficient (Wildman–Crippen LogP) is 1.79. The monoisotopic (exact) mass is 248 g/mol. The Morgan fingerprint density at radius 1 is 1.53 bits per heavy atom. The molecule has 1 saturated heterocycles. The summed E-state index contributed by atoms with van der Waals surface area (Å²) in [6, 6.07) is 4.11. The van der Waals surface area contributed by atoms with Gasteiger partial charge in [-0.1, -0.05) is 13.0 Å². The van der Waals surface area contributed by atoms with E-state index in [-0.39, 0.29) is 5.41 Å². The van der Waals surface area contributed by atoms with Gasteiger partial charge in [-0.2, -0.15) is 5.10 Å². The quantitative estimate of drug-likeness (QED) is 0.881. The van der Waals surface area contributed by atoms with Crippen LogP contribution >= 0.6 is 11.3 Å². The van der Waals surface area contributed by atoms with Crippen LogP contribution in [-0.2, 0) is 12.5 Å². The molecule has 4 nitrogen and oxygen atoms in total. The zero-order valence-corrected chi connectivity index (χ0v) is 10.9. The first kappa shape index (κ1) is 10.9. The Morgan fingerprint density at radius 3 is 3.06 bits per heavy atom. The second-order valence-electron chi connectivity index (χ2n) is 4.85. The highest BCUT2D eigenvalue weighted by atomic mass is 32.1. The second-order valence-corrected chi connectivity index (χ2v) is 5.80. The molecule has 5 heteroatoms. The molecule has 0 amide bonds. The zero-order valence-electron chi connectivity index (χ0n) is 10.1. The summed E-state index contributed by atoms with van der Waals surface area (Å²) in [5.74, 6) is 1.94. The molecule has 0 aromatic carbocycles. The van der Waals surface area contributed by atoms with Crippen LogP contribution in [0.1, 0.15) is 19.2 Å². The molecule has 0 spiro atoms. The summed E-state index contributed by atoms with van der Waals surface area (Å²) in [6.07, 6.45) is 1.13. The summed E-state index contributed by atoms with van der Waals surface area (Å²) in [5, 5.41) is 9.99. The summed E-state index contributed by atoms with van der Waals surface area (Å²) in [5.41, 5.74) is 0.122. The van der Waals surface area contributed by atoms with Crippen molar-refractivity contribution in [2.45, 2.75) is 18.8 Å². The van der Waals surface area contributed by atoms with Gasteiger partial charge in [-0.3, -0.25) is 4.68 Å². The van der Waals surface area contributed by atoms with Crippen molar-refractivity contribution >= 4 is 11.3 Å². The molecular weight excluding hydrogens is 232 g/mol. The molecule has 17 heavy (non-hydrogen) atoms. The summed E-state index contributed by atoms with van der Waals surface area (Å²) in [6.45, 7) is 4.32. The molecule has 2 aromatic rings. The third-order valence-electron chi connectivity index (χ3n) is 3.41. The van der Waals surface area contributed by atoms with Gasteiger partial charge >= 0.3 is 0 Å². The number of nitrogens with zero attached hydrogens (tertiary/aromatic N) is 3. The topological polar surface area (TPSA) is 42.7 Å². The first-order valence-electron chi connectivity index (χ1n) is 5.85. The molecule has 3 rings (SSSR count). The lowest BCUT2D eigenvalue weighted by Gasteiger charge is -2.20. The average molecular weight is 248 g/mol. The average Bonchev–Trinajstić information content (AvgIpc) is 2.97. The minimum absolute atomic E-state index is 0.122. The van der Waals surface area contributed by atoms with Gasteiger partial charge in [0, 0.05) is 19.0 Å². The van der Waals surface area contributed by atoms with Crippen molar-refractivity contribution in [2.24, 2.45) is 7.05 Å². The van der Waals surface area contributed by atoms with Gasteiger partial charge in [0.05, 0.1) is 4.88 Å². The van der Waals surface area contributed by atoms with E-state index in [1.165, 1.54) is 0 Å². The fraction of sp³-hybridized carbons (Fsp3) is 0.500. The Balaban J connectivity index is 2.01. The van der Waals surface area contributed by atoms with E-state index in [1.807, 2.05) is 17.8 Å². The van der Waals surface area contributed by atoms with Crippen LogP contribution in [0.4, 0.5) is 0 Å². The standard InChI is InChI=1S/C12H16N4S/c1-12(5-6-13-8-12)11-14-10(15-16(11)2)9-4-3-7-17-9/h3-4,7,13H,5-6,8H2,1-2H3. The van der Waals surface area contributed by atoms with Crippen molar-refractivity contribution < 1.29 is 0 Å². The van der Waals surface area contributed by atoms with Crippen molar-refractivity contribution in [3.63, 3.8) is 0 Å². The molecule has 2 aromatic heterocycles. The first-order valence-corrected chi connectivity index (χ1v) is 6.73. The van der Waals surface area contributed by atoms with Gasteiger partial charge in [-0.15, -0.1) is 11.3 Å². The predicted molar refractivity (Wildman–Crippen MR) is 69.2 cm³/mol. The Morgan fingerprint density at radius 2 is 2.41 bits per heavy atom. The maximum Gasteiger partial charge on any atom is 0.191 e. The van der Waals surface area contributed by atoms with E-state index in [9.17, 15) is 0 Å². The van der Waals surface area contributed by atoms with Crippen molar-refractivity contribution in [2.75, 3.05) is 13.1 Å². The van der Waals surface area contributed by atoms with Gasteiger partial charge in [0.2, 0.25) is 0 Å². The molecule has 90 valence electrons. The van der Waals surface area contributed by atoms with Crippen LogP contribution in [0, 0.1) is 0 Å². The maximum absolute atomic E-state index is 4.73. The molecule has 1 atom stereocenters. The van der Waals surface area contributed by atoms with Crippen molar-refractivity contribution in [3.05, 3.63) is 23.3 Å². The molecule has 0 aliphatic carbocycles. The lowest BCUT2D eigenvalue weighted by Crippen LogP contribution is -2.28. The van der Waals surface area contributed by atoms with Gasteiger partial charge in [0.15, 0.2) is 5.82 Å². The Kier molecular flexibility index (Phi) is 2.52. The fourth-order valence-electron chi connectivity index (χ4n) is 2.43. The normalized spacial score (nSPS) is 24.4. The van der Waals surface area contributed by atoms with Crippen LogP contribution in [0.2, 0.25) is 0 Å². The van der Waals surface area contributed by atoms with Crippen molar-refractivity contribution in [3.8, 4) is 10.7 Å². The lowest BCUT2D eigenvalue weighted by molar-refractivity contribution is 0.461. The van der Waals surface area contributed by atoms with Gasteiger partial charge in [0.1, 0.15) is 5.82 Å². The van der Waals surface area contributed by atoms with E-state index in [1.54, 1.807) is 11.3 Å². The number of aromatic nitrogens is 3. The van der Waals surface area contributed by atoms with E-state index in [0.29, 0.717) is 0 Å². The number of nitrogens with one attached hydrogen (secondary N) is 1. The molecule has 1 N–H and O–H groups in total. The first-order chi connectivity index (χ1) is 8.19. The zero-order chi connectivity index (χ0) is 11.9. The molecule has 0 saturated carbocycles. The number of rotatable bonds is 2. The molecule has 1 aliphatic rings. The van der Waals surface area contributed by atoms with Crippen LogP contribution in [0.3, 0.4) is 0 Å². The third-order valence-corrected chi connectivity index (χ3v) is 4.28. The van der Waals surface area contributed by atoms with Gasteiger partial charge in [-0.25, -0.2) is 4.98 Å². The molecule has 0 radical (unpaired) electrons. The fourth-order valence-corrected chi connectivity index (χ4v) is 3.08. The van der Waals surface area contributed by atoms with Gasteiger partial charge in [-0.05, 0) is 24.4 Å². The number of thiophene rings is 1. The largest absolute Gasteiger partial charge is 0.316 e. The summed E-state index contributed by atoms with van der Waals surface area (Å²) >= 11 is 1.69. The van der Waals surface area contributed by atoms with Gasteiger partial charge < -0.3 is 5.32 Å². The maximum atomic E-state index is 4.73. The van der Waals surface area contributed by atoms with E-state index in [4.69, 9.17) is 4.98 Å². The van der Waals surface area contributed by atoms with E-state index in [2.05, 4.69) is 28.8 Å². The van der Waals surface area contributed by atoms with Crippen LogP contribution < -0.4 is 5.32 Å². The highest BCUT2D eigenvalue weighted by molar-refractivity contribution is 7.13. The van der Waals surface area contributed by atoms with E-state index in [0.717, 1.165) is 36.0 Å². The summed E-state index contributed by atoms with van der Waals surface area (Å²) in [7, 11) is 1.99. The van der Waals surface area contributed by atoms with Crippen LogP contribution in [0.25, 0.3) is 10.7 Å². The minimum atomic E-state index is 0.122. The molecule has 1 aliphatic heterocycles. The van der Waals surface area contributed by atoms with Crippen molar-refractivity contribution in [1.29, 1.82) is 0 Å². The summed E-state index contributed by atoms with van der Waals surface area (Å²) < 4.78 is 1.93. The van der Waals surface area contributed by atoms with Gasteiger partial charge in [0.25, 0.3) is 0 Å². The summed E-state index contributed by atoms with van der Waals surface area (Å²) in [4.78, 5) is 5.87. The Labute approximate surface area is 105 Å². The van der Waals surface area contributed by atoms with E-state index >= 15 is 0 Å². The second kappa shape index (κ2) is 3.92. The smallest absolute Gasteiger partial charge is 0.191 e. The molecular formula is C12H16N4S. The Bertz CT molecular complexity index is 509. The van der Waals surface area contributed by atoms with E-state index < -0.39 is 0 Å². The minimum Gasteiger partial charge on any atom is -0.316 e. The van der Waals surface area contributed by atoms with Crippen LogP contribution in [0.5, 0.6) is 0 Å². The number of aryl methyl sites for hydroxylation is 1. The third kappa shape index (κ3) is 1.79. The Hall–Kier alpha value is -1.20. The molecule has 0 bridgehead atoms. The lowest BCUT2D eigenvalue weighted by atomic mass is 9.89. The van der Waals surface area contributed by atoms with Crippen LogP contribution in [-0.4, -0.2) is 27.9 Å². The molecule has 3 heterocycles. The number of hydrogen-bond acceptors (Lipinski definition) is 4. The number of hydrogen-bond donors (Lipinski definition) is 1. The highest BCUT2D eigenvalue weighted by Crippen LogP contribution is 2.30. The SMILES string of the molecule is Cn1nc(-c2cccs2)nc1C1(C)CCNC1. The van der Waals surface area contributed by atoms with Crippen molar-refractivity contribution in [1.82, 2.24) is 20.1 Å². The molecule has 1 unspecified atom stereocenters. The highest BCUT2D eigenvalue weighted by Gasteiger charge is 2.35. The van der Waals surface area contributed by atoms with Crippen LogP contribution in [0.15, 0.2) is 17.5 Å².